The second-order valence-corrected chi connectivity index (χ2v) is 8.38. The van der Waals surface area contributed by atoms with Gasteiger partial charge in [0, 0.05) is 30.9 Å². The Morgan fingerprint density at radius 1 is 1.30 bits per heavy atom. The molecule has 2 heterocycles. The van der Waals surface area contributed by atoms with Gasteiger partial charge in [0.15, 0.2) is 0 Å². The third kappa shape index (κ3) is 6.00. The molecular weight excluding hydrogens is 420 g/mol. The van der Waals surface area contributed by atoms with Crippen LogP contribution in [0.25, 0.3) is 10.9 Å². The van der Waals surface area contributed by atoms with Crippen molar-refractivity contribution in [2.24, 2.45) is 0 Å². The van der Waals surface area contributed by atoms with E-state index in [9.17, 15) is 4.79 Å². The zero-order valence-electron chi connectivity index (χ0n) is 19.8. The fourth-order valence-electron chi connectivity index (χ4n) is 3.93. The Morgan fingerprint density at radius 2 is 2.09 bits per heavy atom. The molecule has 1 aromatic carbocycles. The number of likely N-dealkylation sites (N-methyl/N-ethyl adjacent to an activating group) is 1. The van der Waals surface area contributed by atoms with Gasteiger partial charge in [-0.2, -0.15) is 4.98 Å². The highest BCUT2D eigenvalue weighted by Gasteiger charge is 2.15. The highest BCUT2D eigenvalue weighted by atomic mass is 16.5. The number of nitrogens with one attached hydrogen (secondary N) is 1. The van der Waals surface area contributed by atoms with Gasteiger partial charge in [0.1, 0.15) is 17.0 Å². The summed E-state index contributed by atoms with van der Waals surface area (Å²) in [5.74, 6) is 1.31. The minimum Gasteiger partial charge on any atom is -0.496 e. The summed E-state index contributed by atoms with van der Waals surface area (Å²) in [5, 5.41) is 12.9. The Hall–Kier alpha value is -3.17. The van der Waals surface area contributed by atoms with Crippen LogP contribution < -0.4 is 21.3 Å². The Labute approximate surface area is 194 Å². The topological polar surface area (TPSA) is 119 Å². The summed E-state index contributed by atoms with van der Waals surface area (Å²) in [6, 6.07) is 7.89. The first-order valence-electron chi connectivity index (χ1n) is 11.2. The normalized spacial score (nSPS) is 12.3. The zero-order valence-corrected chi connectivity index (χ0v) is 19.8. The number of nitrogen functional groups attached to an aromatic ring is 1. The molecule has 0 aliphatic carbocycles. The van der Waals surface area contributed by atoms with E-state index in [4.69, 9.17) is 15.6 Å². The van der Waals surface area contributed by atoms with E-state index < -0.39 is 0 Å². The number of rotatable bonds is 11. The van der Waals surface area contributed by atoms with Crippen molar-refractivity contribution in [1.82, 2.24) is 19.4 Å². The molecule has 4 N–H and O–H groups in total. The summed E-state index contributed by atoms with van der Waals surface area (Å²) in [7, 11) is 3.57. The molecule has 33 heavy (non-hydrogen) atoms. The lowest BCUT2D eigenvalue weighted by Gasteiger charge is -2.18. The van der Waals surface area contributed by atoms with E-state index in [1.807, 2.05) is 30.1 Å². The van der Waals surface area contributed by atoms with Gasteiger partial charge in [0.05, 0.1) is 25.8 Å². The van der Waals surface area contributed by atoms with Crippen LogP contribution in [0.4, 0.5) is 11.8 Å². The number of anilines is 2. The van der Waals surface area contributed by atoms with Crippen molar-refractivity contribution in [3.63, 3.8) is 0 Å². The van der Waals surface area contributed by atoms with Crippen molar-refractivity contribution in [1.29, 1.82) is 0 Å². The molecule has 3 rings (SSSR count). The van der Waals surface area contributed by atoms with Crippen LogP contribution >= 0.6 is 0 Å². The standard InChI is InChI=1S/C24H34N6O3/c1-5-6-16(2)26-22-21-19(27-24(25)28-22)9-10-30(23(21)32)15-18-8-7-17(13-20(18)33-4)14-29(3)11-12-31/h7-10,13,16,31H,5-6,11-12,14-15H2,1-4H3,(H3,25,26,27,28)/t16-/m1/s1. The minimum absolute atomic E-state index is 0.111. The van der Waals surface area contributed by atoms with Crippen molar-refractivity contribution >= 4 is 22.7 Å². The number of benzene rings is 1. The van der Waals surface area contributed by atoms with Crippen molar-refractivity contribution in [3.8, 4) is 5.75 Å². The molecule has 0 amide bonds. The van der Waals surface area contributed by atoms with Gasteiger partial charge in [-0.15, -0.1) is 0 Å². The molecule has 0 aliphatic heterocycles. The Balaban J connectivity index is 1.95. The largest absolute Gasteiger partial charge is 0.496 e. The molecule has 9 heteroatoms. The first kappa shape index (κ1) is 24.5. The van der Waals surface area contributed by atoms with E-state index in [1.165, 1.54) is 0 Å². The van der Waals surface area contributed by atoms with E-state index in [0.29, 0.717) is 42.1 Å². The Bertz CT molecular complexity index is 1150. The van der Waals surface area contributed by atoms with Crippen LogP contribution in [0, 0.1) is 0 Å². The van der Waals surface area contributed by atoms with Gasteiger partial charge in [-0.3, -0.25) is 9.69 Å². The number of hydrogen-bond acceptors (Lipinski definition) is 8. The van der Waals surface area contributed by atoms with Crippen LogP contribution in [0.5, 0.6) is 5.75 Å². The van der Waals surface area contributed by atoms with Gasteiger partial charge in [0.2, 0.25) is 5.95 Å². The van der Waals surface area contributed by atoms with Crippen molar-refractivity contribution in [2.45, 2.75) is 45.8 Å². The summed E-state index contributed by atoms with van der Waals surface area (Å²) in [5.41, 5.74) is 8.17. The van der Waals surface area contributed by atoms with Gasteiger partial charge in [0.25, 0.3) is 5.56 Å². The summed E-state index contributed by atoms with van der Waals surface area (Å²) >= 11 is 0. The van der Waals surface area contributed by atoms with E-state index in [1.54, 1.807) is 23.9 Å². The van der Waals surface area contributed by atoms with Gasteiger partial charge >= 0.3 is 0 Å². The van der Waals surface area contributed by atoms with E-state index in [-0.39, 0.29) is 24.2 Å². The summed E-state index contributed by atoms with van der Waals surface area (Å²) in [6.07, 6.45) is 3.69. The average Bonchev–Trinajstić information content (AvgIpc) is 2.76. The van der Waals surface area contributed by atoms with Crippen molar-refractivity contribution in [3.05, 3.63) is 51.9 Å². The molecule has 9 nitrogen and oxygen atoms in total. The molecule has 0 bridgehead atoms. The van der Waals surface area contributed by atoms with E-state index in [0.717, 1.165) is 24.0 Å². The molecule has 0 radical (unpaired) electrons. The number of aromatic nitrogens is 3. The molecule has 1 atom stereocenters. The molecular formula is C24H34N6O3. The molecule has 0 saturated carbocycles. The molecule has 0 spiro atoms. The van der Waals surface area contributed by atoms with Crippen LogP contribution in [0.15, 0.2) is 35.3 Å². The van der Waals surface area contributed by atoms with Gasteiger partial charge in [-0.05, 0) is 38.1 Å². The number of hydrogen-bond donors (Lipinski definition) is 3. The lowest BCUT2D eigenvalue weighted by Crippen LogP contribution is -2.24. The predicted molar refractivity (Wildman–Crippen MR) is 132 cm³/mol. The molecule has 2 aromatic heterocycles. The number of aliphatic hydroxyl groups excluding tert-OH is 1. The average molecular weight is 455 g/mol. The number of nitrogens with two attached hydrogens (primary N) is 1. The number of aliphatic hydroxyl groups is 1. The molecule has 178 valence electrons. The van der Waals surface area contributed by atoms with Gasteiger partial charge < -0.3 is 25.5 Å². The van der Waals surface area contributed by atoms with Crippen molar-refractivity contribution in [2.75, 3.05) is 38.4 Å². The summed E-state index contributed by atoms with van der Waals surface area (Å²) in [6.45, 7) is 5.91. The first-order chi connectivity index (χ1) is 15.9. The van der Waals surface area contributed by atoms with E-state index >= 15 is 0 Å². The number of pyridine rings is 1. The maximum Gasteiger partial charge on any atom is 0.264 e. The first-order valence-corrected chi connectivity index (χ1v) is 11.2. The molecule has 3 aromatic rings. The van der Waals surface area contributed by atoms with E-state index in [2.05, 4.69) is 29.1 Å². The zero-order chi connectivity index (χ0) is 24.0. The quantitative estimate of drug-likeness (QED) is 0.404. The third-order valence-electron chi connectivity index (χ3n) is 5.57. The maximum atomic E-state index is 13.4. The van der Waals surface area contributed by atoms with Crippen LogP contribution in [0.1, 0.15) is 37.8 Å². The van der Waals surface area contributed by atoms with Gasteiger partial charge in [-0.1, -0.05) is 25.5 Å². The third-order valence-corrected chi connectivity index (χ3v) is 5.57. The second kappa shape index (κ2) is 11.1. The monoisotopic (exact) mass is 454 g/mol. The van der Waals surface area contributed by atoms with Gasteiger partial charge in [-0.25, -0.2) is 4.98 Å². The Morgan fingerprint density at radius 3 is 2.79 bits per heavy atom. The van der Waals surface area contributed by atoms with Crippen LogP contribution in [-0.4, -0.2) is 57.9 Å². The number of methoxy groups -OCH3 is 1. The highest BCUT2D eigenvalue weighted by Crippen LogP contribution is 2.23. The summed E-state index contributed by atoms with van der Waals surface area (Å²) in [4.78, 5) is 24.0. The van der Waals surface area contributed by atoms with Crippen LogP contribution in [0.2, 0.25) is 0 Å². The number of ether oxygens (including phenoxy) is 1. The Kier molecular flexibility index (Phi) is 8.24. The fraction of sp³-hybridized carbons (Fsp3) is 0.458. The summed E-state index contributed by atoms with van der Waals surface area (Å²) < 4.78 is 7.24. The lowest BCUT2D eigenvalue weighted by atomic mass is 10.1. The fourth-order valence-corrected chi connectivity index (χ4v) is 3.93. The predicted octanol–water partition coefficient (Wildman–Crippen LogP) is 2.46. The van der Waals surface area contributed by atoms with Crippen molar-refractivity contribution < 1.29 is 9.84 Å². The number of fused-ring (bicyclic) bond motifs is 1. The molecule has 0 fully saturated rings. The molecule has 0 saturated heterocycles. The smallest absolute Gasteiger partial charge is 0.264 e. The highest BCUT2D eigenvalue weighted by molar-refractivity contribution is 5.89. The minimum atomic E-state index is -0.187. The van der Waals surface area contributed by atoms with Crippen LogP contribution in [0.3, 0.4) is 0 Å². The maximum absolute atomic E-state index is 13.4. The number of nitrogens with zero attached hydrogens (tertiary/aromatic N) is 4. The lowest BCUT2D eigenvalue weighted by molar-refractivity contribution is 0.217. The molecule has 0 aliphatic rings. The molecule has 0 unspecified atom stereocenters. The SMILES string of the molecule is CCC[C@@H](C)Nc1nc(N)nc2ccn(Cc3ccc(CN(C)CCO)cc3OC)c(=O)c12. The second-order valence-electron chi connectivity index (χ2n) is 8.38. The van der Waals surface area contributed by atoms with Crippen LogP contribution in [-0.2, 0) is 13.1 Å².